The zero-order valence-corrected chi connectivity index (χ0v) is 8.19. The van der Waals surface area contributed by atoms with Crippen LogP contribution in [0.3, 0.4) is 0 Å². The molecule has 0 spiro atoms. The van der Waals surface area contributed by atoms with Crippen molar-refractivity contribution in [2.45, 2.75) is 37.8 Å². The van der Waals surface area contributed by atoms with Crippen molar-refractivity contribution in [1.82, 2.24) is 4.98 Å². The average Bonchev–Trinajstić information content (AvgIpc) is 2.23. The summed E-state index contributed by atoms with van der Waals surface area (Å²) in [6.45, 7) is 0. The quantitative estimate of drug-likeness (QED) is 0.751. The molecule has 1 fully saturated rings. The Kier molecular flexibility index (Phi) is 2.99. The summed E-state index contributed by atoms with van der Waals surface area (Å²) in [5.74, 6) is 0. The second kappa shape index (κ2) is 4.42. The van der Waals surface area contributed by atoms with Crippen molar-refractivity contribution >= 4 is 5.69 Å². The molecule has 1 aromatic rings. The maximum Gasteiger partial charge on any atom is 0.0741 e. The molecule has 76 valence electrons. The summed E-state index contributed by atoms with van der Waals surface area (Å²) in [4.78, 5) is 3.95. The number of hydrogen-bond acceptors (Lipinski definition) is 3. The lowest BCUT2D eigenvalue weighted by molar-refractivity contribution is 0.116. The van der Waals surface area contributed by atoms with E-state index in [0.717, 1.165) is 24.9 Å². The third kappa shape index (κ3) is 2.23. The molecule has 0 amide bonds. The Balaban J connectivity index is 1.96. The Hall–Kier alpha value is -1.09. The Bertz CT molecular complexity index is 276. The highest BCUT2D eigenvalue weighted by Gasteiger charge is 2.22. The molecular weight excluding hydrogens is 176 g/mol. The maximum absolute atomic E-state index is 9.75. The number of pyridine rings is 1. The summed E-state index contributed by atoms with van der Waals surface area (Å²) in [6.07, 6.45) is 7.66. The Morgan fingerprint density at radius 3 is 2.64 bits per heavy atom. The molecule has 1 aliphatic rings. The van der Waals surface area contributed by atoms with Gasteiger partial charge in [0.1, 0.15) is 0 Å². The van der Waals surface area contributed by atoms with Crippen LogP contribution in [0, 0.1) is 0 Å². The minimum absolute atomic E-state index is 0.197. The van der Waals surface area contributed by atoms with Crippen LogP contribution in [0.5, 0.6) is 0 Å². The summed E-state index contributed by atoms with van der Waals surface area (Å²) >= 11 is 0. The lowest BCUT2D eigenvalue weighted by Crippen LogP contribution is -2.36. The van der Waals surface area contributed by atoms with Gasteiger partial charge in [-0.15, -0.1) is 0 Å². The number of nitrogens with zero attached hydrogens (tertiary/aromatic N) is 1. The van der Waals surface area contributed by atoms with E-state index in [1.54, 1.807) is 12.4 Å². The molecular formula is C11H16N2O. The van der Waals surface area contributed by atoms with Crippen molar-refractivity contribution in [2.24, 2.45) is 0 Å². The van der Waals surface area contributed by atoms with E-state index in [1.807, 2.05) is 12.1 Å². The number of rotatable bonds is 2. The van der Waals surface area contributed by atoms with Crippen molar-refractivity contribution in [1.29, 1.82) is 0 Å². The SMILES string of the molecule is OC1CCCCC1Nc1ccncc1. The van der Waals surface area contributed by atoms with E-state index in [1.165, 1.54) is 6.42 Å². The van der Waals surface area contributed by atoms with Gasteiger partial charge in [-0.3, -0.25) is 4.98 Å². The third-order valence-electron chi connectivity index (χ3n) is 2.76. The first kappa shape index (κ1) is 9.46. The van der Waals surface area contributed by atoms with Crippen LogP contribution in [0.25, 0.3) is 0 Å². The molecule has 2 N–H and O–H groups in total. The van der Waals surface area contributed by atoms with Gasteiger partial charge >= 0.3 is 0 Å². The third-order valence-corrected chi connectivity index (χ3v) is 2.76. The van der Waals surface area contributed by atoms with Gasteiger partial charge in [0.15, 0.2) is 0 Å². The lowest BCUT2D eigenvalue weighted by atomic mass is 9.92. The van der Waals surface area contributed by atoms with Crippen LogP contribution in [-0.4, -0.2) is 22.2 Å². The van der Waals surface area contributed by atoms with Crippen LogP contribution >= 0.6 is 0 Å². The van der Waals surface area contributed by atoms with E-state index in [-0.39, 0.29) is 12.1 Å². The van der Waals surface area contributed by atoms with Gasteiger partial charge in [-0.05, 0) is 25.0 Å². The highest BCUT2D eigenvalue weighted by atomic mass is 16.3. The van der Waals surface area contributed by atoms with Gasteiger partial charge < -0.3 is 10.4 Å². The molecule has 2 unspecified atom stereocenters. The van der Waals surface area contributed by atoms with Crippen LogP contribution in [0.1, 0.15) is 25.7 Å². The molecule has 0 radical (unpaired) electrons. The number of aromatic nitrogens is 1. The molecule has 1 aliphatic carbocycles. The zero-order chi connectivity index (χ0) is 9.80. The largest absolute Gasteiger partial charge is 0.391 e. The van der Waals surface area contributed by atoms with Gasteiger partial charge in [0.25, 0.3) is 0 Å². The summed E-state index contributed by atoms with van der Waals surface area (Å²) in [5.41, 5.74) is 1.05. The van der Waals surface area contributed by atoms with E-state index >= 15 is 0 Å². The molecule has 0 bridgehead atoms. The highest BCUT2D eigenvalue weighted by molar-refractivity contribution is 5.42. The first-order valence-corrected chi connectivity index (χ1v) is 5.21. The fourth-order valence-electron chi connectivity index (χ4n) is 1.94. The monoisotopic (exact) mass is 192 g/mol. The van der Waals surface area contributed by atoms with Crippen LogP contribution in [0.15, 0.2) is 24.5 Å². The summed E-state index contributed by atoms with van der Waals surface area (Å²) in [6, 6.07) is 4.08. The van der Waals surface area contributed by atoms with Gasteiger partial charge in [-0.1, -0.05) is 12.8 Å². The number of aliphatic hydroxyl groups is 1. The Labute approximate surface area is 84.2 Å². The first-order chi connectivity index (χ1) is 6.86. The van der Waals surface area contributed by atoms with E-state index in [9.17, 15) is 5.11 Å². The van der Waals surface area contributed by atoms with Crippen LogP contribution in [0.4, 0.5) is 5.69 Å². The summed E-state index contributed by atoms with van der Waals surface area (Å²) < 4.78 is 0. The van der Waals surface area contributed by atoms with Gasteiger partial charge in [-0.2, -0.15) is 0 Å². The molecule has 1 saturated carbocycles. The molecule has 0 saturated heterocycles. The molecule has 1 heterocycles. The van der Waals surface area contributed by atoms with Crippen molar-refractivity contribution < 1.29 is 5.11 Å². The number of nitrogens with one attached hydrogen (secondary N) is 1. The molecule has 2 rings (SSSR count). The summed E-state index contributed by atoms with van der Waals surface area (Å²) in [5, 5.41) is 13.1. The number of aliphatic hydroxyl groups excluding tert-OH is 1. The fourth-order valence-corrected chi connectivity index (χ4v) is 1.94. The Morgan fingerprint density at radius 2 is 1.93 bits per heavy atom. The minimum Gasteiger partial charge on any atom is -0.391 e. The van der Waals surface area contributed by atoms with Crippen molar-refractivity contribution in [3.05, 3.63) is 24.5 Å². The summed E-state index contributed by atoms with van der Waals surface area (Å²) in [7, 11) is 0. The molecule has 0 aromatic carbocycles. The van der Waals surface area contributed by atoms with Crippen LogP contribution in [0.2, 0.25) is 0 Å². The van der Waals surface area contributed by atoms with Crippen molar-refractivity contribution in [2.75, 3.05) is 5.32 Å². The van der Waals surface area contributed by atoms with Gasteiger partial charge in [0, 0.05) is 18.1 Å². The molecule has 3 heteroatoms. The van der Waals surface area contributed by atoms with E-state index < -0.39 is 0 Å². The number of anilines is 1. The predicted molar refractivity (Wildman–Crippen MR) is 56.1 cm³/mol. The highest BCUT2D eigenvalue weighted by Crippen LogP contribution is 2.21. The predicted octanol–water partition coefficient (Wildman–Crippen LogP) is 1.80. The van der Waals surface area contributed by atoms with Crippen LogP contribution in [-0.2, 0) is 0 Å². The molecule has 1 aromatic heterocycles. The van der Waals surface area contributed by atoms with Crippen LogP contribution < -0.4 is 5.32 Å². The second-order valence-corrected chi connectivity index (χ2v) is 3.84. The van der Waals surface area contributed by atoms with Crippen molar-refractivity contribution in [3.8, 4) is 0 Å². The van der Waals surface area contributed by atoms with E-state index in [4.69, 9.17) is 0 Å². The lowest BCUT2D eigenvalue weighted by Gasteiger charge is -2.29. The fraction of sp³-hybridized carbons (Fsp3) is 0.545. The second-order valence-electron chi connectivity index (χ2n) is 3.84. The smallest absolute Gasteiger partial charge is 0.0741 e. The van der Waals surface area contributed by atoms with E-state index in [2.05, 4.69) is 10.3 Å². The van der Waals surface area contributed by atoms with Gasteiger partial charge in [0.2, 0.25) is 0 Å². The molecule has 14 heavy (non-hydrogen) atoms. The average molecular weight is 192 g/mol. The van der Waals surface area contributed by atoms with Crippen molar-refractivity contribution in [3.63, 3.8) is 0 Å². The Morgan fingerprint density at radius 1 is 1.21 bits per heavy atom. The topological polar surface area (TPSA) is 45.1 Å². The first-order valence-electron chi connectivity index (χ1n) is 5.21. The van der Waals surface area contributed by atoms with Gasteiger partial charge in [0.05, 0.1) is 12.1 Å². The molecule has 3 nitrogen and oxygen atoms in total. The number of hydrogen-bond donors (Lipinski definition) is 2. The van der Waals surface area contributed by atoms with Gasteiger partial charge in [-0.25, -0.2) is 0 Å². The molecule has 2 atom stereocenters. The normalized spacial score (nSPS) is 27.2. The minimum atomic E-state index is -0.197. The molecule has 0 aliphatic heterocycles. The standard InChI is InChI=1S/C11H16N2O/c14-11-4-2-1-3-10(11)13-9-5-7-12-8-6-9/h5-8,10-11,14H,1-4H2,(H,12,13). The van der Waals surface area contributed by atoms with E-state index in [0.29, 0.717) is 0 Å². The zero-order valence-electron chi connectivity index (χ0n) is 8.19. The maximum atomic E-state index is 9.75.